The summed E-state index contributed by atoms with van der Waals surface area (Å²) in [6, 6.07) is 1.41. The first-order valence-electron chi connectivity index (χ1n) is 7.32. The van der Waals surface area contributed by atoms with E-state index in [2.05, 4.69) is 45.3 Å². The standard InChI is InChI=1S/C15H30N2/c1-11(9-12-7-6-8-16-12)17-10-13-14(2,3)15(13,4)5/h11-13,16-17H,6-10H2,1-5H3. The van der Waals surface area contributed by atoms with E-state index in [1.807, 2.05) is 0 Å². The fourth-order valence-corrected chi connectivity index (χ4v) is 3.63. The molecular weight excluding hydrogens is 208 g/mol. The lowest BCUT2D eigenvalue weighted by Crippen LogP contribution is -2.35. The summed E-state index contributed by atoms with van der Waals surface area (Å²) in [7, 11) is 0. The zero-order valence-electron chi connectivity index (χ0n) is 12.3. The number of hydrogen-bond acceptors (Lipinski definition) is 2. The van der Waals surface area contributed by atoms with Crippen molar-refractivity contribution in [2.75, 3.05) is 13.1 Å². The molecule has 0 radical (unpaired) electrons. The van der Waals surface area contributed by atoms with Crippen LogP contribution in [-0.2, 0) is 0 Å². The van der Waals surface area contributed by atoms with E-state index in [1.54, 1.807) is 0 Å². The van der Waals surface area contributed by atoms with E-state index in [1.165, 1.54) is 32.4 Å². The summed E-state index contributed by atoms with van der Waals surface area (Å²) in [4.78, 5) is 0. The molecule has 0 spiro atoms. The van der Waals surface area contributed by atoms with Crippen molar-refractivity contribution in [2.24, 2.45) is 16.7 Å². The van der Waals surface area contributed by atoms with Crippen LogP contribution in [0.5, 0.6) is 0 Å². The van der Waals surface area contributed by atoms with E-state index < -0.39 is 0 Å². The Hall–Kier alpha value is -0.0800. The van der Waals surface area contributed by atoms with Crippen LogP contribution in [0.15, 0.2) is 0 Å². The Morgan fingerprint density at radius 2 is 1.88 bits per heavy atom. The lowest BCUT2D eigenvalue weighted by molar-refractivity contribution is 0.416. The van der Waals surface area contributed by atoms with Gasteiger partial charge in [0.25, 0.3) is 0 Å². The molecule has 0 amide bonds. The second-order valence-electron chi connectivity index (χ2n) is 7.33. The molecule has 2 aliphatic rings. The zero-order chi connectivity index (χ0) is 12.7. The lowest BCUT2D eigenvalue weighted by atomic mass is 10.0. The van der Waals surface area contributed by atoms with Crippen LogP contribution in [0.3, 0.4) is 0 Å². The average molecular weight is 238 g/mol. The summed E-state index contributed by atoms with van der Waals surface area (Å²) in [5.41, 5.74) is 1.04. The van der Waals surface area contributed by atoms with Crippen molar-refractivity contribution in [1.82, 2.24) is 10.6 Å². The minimum absolute atomic E-state index is 0.519. The second kappa shape index (κ2) is 4.55. The van der Waals surface area contributed by atoms with Gasteiger partial charge in [-0.2, -0.15) is 0 Å². The number of rotatable bonds is 5. The minimum atomic E-state index is 0.519. The molecule has 1 heterocycles. The van der Waals surface area contributed by atoms with E-state index in [0.29, 0.717) is 16.9 Å². The summed E-state index contributed by atoms with van der Waals surface area (Å²) < 4.78 is 0. The first kappa shape index (κ1) is 13.4. The van der Waals surface area contributed by atoms with E-state index in [9.17, 15) is 0 Å². The van der Waals surface area contributed by atoms with Crippen LogP contribution >= 0.6 is 0 Å². The monoisotopic (exact) mass is 238 g/mol. The molecule has 2 rings (SSSR count). The molecule has 17 heavy (non-hydrogen) atoms. The fraction of sp³-hybridized carbons (Fsp3) is 1.00. The largest absolute Gasteiger partial charge is 0.314 e. The summed E-state index contributed by atoms with van der Waals surface area (Å²) in [6.07, 6.45) is 4.01. The molecule has 2 N–H and O–H groups in total. The van der Waals surface area contributed by atoms with Crippen molar-refractivity contribution in [3.63, 3.8) is 0 Å². The highest BCUT2D eigenvalue weighted by Gasteiger charge is 2.63. The highest BCUT2D eigenvalue weighted by molar-refractivity contribution is 5.12. The van der Waals surface area contributed by atoms with Crippen LogP contribution in [-0.4, -0.2) is 25.2 Å². The maximum atomic E-state index is 3.74. The highest BCUT2D eigenvalue weighted by Crippen LogP contribution is 2.67. The van der Waals surface area contributed by atoms with Crippen molar-refractivity contribution in [3.8, 4) is 0 Å². The molecule has 1 aliphatic heterocycles. The van der Waals surface area contributed by atoms with Crippen LogP contribution in [0.2, 0.25) is 0 Å². The van der Waals surface area contributed by atoms with Gasteiger partial charge in [0.2, 0.25) is 0 Å². The van der Waals surface area contributed by atoms with Crippen molar-refractivity contribution < 1.29 is 0 Å². The maximum absolute atomic E-state index is 3.74. The third-order valence-corrected chi connectivity index (χ3v) is 5.79. The van der Waals surface area contributed by atoms with Gasteiger partial charge in [-0.05, 0) is 56.0 Å². The highest BCUT2D eigenvalue weighted by atomic mass is 15.0. The molecule has 2 unspecified atom stereocenters. The lowest BCUT2D eigenvalue weighted by Gasteiger charge is -2.18. The van der Waals surface area contributed by atoms with E-state index in [-0.39, 0.29) is 0 Å². The zero-order valence-corrected chi connectivity index (χ0v) is 12.3. The number of nitrogens with one attached hydrogen (secondary N) is 2. The van der Waals surface area contributed by atoms with Gasteiger partial charge in [-0.1, -0.05) is 27.7 Å². The quantitative estimate of drug-likeness (QED) is 0.769. The second-order valence-corrected chi connectivity index (χ2v) is 7.33. The van der Waals surface area contributed by atoms with Crippen molar-refractivity contribution in [1.29, 1.82) is 0 Å². The SMILES string of the molecule is CC(CC1CCCN1)NCC1C(C)(C)C1(C)C. The normalized spacial score (nSPS) is 32.6. The Kier molecular flexibility index (Phi) is 3.57. The molecule has 0 bridgehead atoms. The summed E-state index contributed by atoms with van der Waals surface area (Å²) in [6.45, 7) is 14.4. The first-order valence-corrected chi connectivity index (χ1v) is 7.32. The Morgan fingerprint density at radius 1 is 1.24 bits per heavy atom. The van der Waals surface area contributed by atoms with Crippen molar-refractivity contribution in [3.05, 3.63) is 0 Å². The first-order chi connectivity index (χ1) is 7.85. The molecule has 2 atom stereocenters. The fourth-order valence-electron chi connectivity index (χ4n) is 3.63. The molecule has 100 valence electrons. The van der Waals surface area contributed by atoms with Gasteiger partial charge < -0.3 is 10.6 Å². The predicted molar refractivity (Wildman–Crippen MR) is 74.2 cm³/mol. The molecule has 1 saturated carbocycles. The smallest absolute Gasteiger partial charge is 0.00822 e. The minimum Gasteiger partial charge on any atom is -0.314 e. The van der Waals surface area contributed by atoms with Gasteiger partial charge in [-0.15, -0.1) is 0 Å². The summed E-state index contributed by atoms with van der Waals surface area (Å²) in [5.74, 6) is 0.842. The van der Waals surface area contributed by atoms with Gasteiger partial charge in [0.1, 0.15) is 0 Å². The Bertz CT molecular complexity index is 250. The van der Waals surface area contributed by atoms with Crippen molar-refractivity contribution in [2.45, 2.75) is 66.0 Å². The van der Waals surface area contributed by atoms with Gasteiger partial charge >= 0.3 is 0 Å². The molecule has 0 aromatic rings. The van der Waals surface area contributed by atoms with Crippen LogP contribution in [0, 0.1) is 16.7 Å². The molecule has 0 aromatic heterocycles. The van der Waals surface area contributed by atoms with Crippen LogP contribution < -0.4 is 10.6 Å². The summed E-state index contributed by atoms with van der Waals surface area (Å²) in [5, 5.41) is 7.33. The van der Waals surface area contributed by atoms with E-state index in [0.717, 1.165) is 12.0 Å². The Morgan fingerprint density at radius 3 is 2.35 bits per heavy atom. The van der Waals surface area contributed by atoms with Crippen LogP contribution in [0.4, 0.5) is 0 Å². The van der Waals surface area contributed by atoms with Crippen molar-refractivity contribution >= 4 is 0 Å². The molecule has 1 aliphatic carbocycles. The molecule has 1 saturated heterocycles. The topological polar surface area (TPSA) is 24.1 Å². The molecule has 0 aromatic carbocycles. The Balaban J connectivity index is 1.68. The molecule has 2 heteroatoms. The third-order valence-electron chi connectivity index (χ3n) is 5.79. The molecular formula is C15H30N2. The third kappa shape index (κ3) is 2.53. The van der Waals surface area contributed by atoms with Crippen LogP contribution in [0.1, 0.15) is 53.9 Å². The van der Waals surface area contributed by atoms with Gasteiger partial charge in [0.15, 0.2) is 0 Å². The molecule has 2 nitrogen and oxygen atoms in total. The number of hydrogen-bond donors (Lipinski definition) is 2. The van der Waals surface area contributed by atoms with E-state index in [4.69, 9.17) is 0 Å². The predicted octanol–water partition coefficient (Wildman–Crippen LogP) is 2.79. The van der Waals surface area contributed by atoms with Gasteiger partial charge in [-0.3, -0.25) is 0 Å². The molecule has 2 fully saturated rings. The average Bonchev–Trinajstić information content (AvgIpc) is 2.61. The van der Waals surface area contributed by atoms with E-state index >= 15 is 0 Å². The summed E-state index contributed by atoms with van der Waals surface area (Å²) >= 11 is 0. The van der Waals surface area contributed by atoms with Gasteiger partial charge in [-0.25, -0.2) is 0 Å². The Labute approximate surface area is 107 Å². The van der Waals surface area contributed by atoms with Gasteiger partial charge in [0, 0.05) is 12.1 Å². The maximum Gasteiger partial charge on any atom is 0.00822 e. The van der Waals surface area contributed by atoms with Gasteiger partial charge in [0.05, 0.1) is 0 Å². The van der Waals surface area contributed by atoms with Crippen LogP contribution in [0.25, 0.3) is 0 Å².